The standard InChI is InChI=1S/C17H12F3N3O2/c18-17(19,20)12-5-2-1-4-11(12)16(24)23-10-13-15(22-8-7-21-13)14-6-3-9-25-14/h1-9H,10H2,(H,23,24). The summed E-state index contributed by atoms with van der Waals surface area (Å²) in [7, 11) is 0. The number of nitrogens with one attached hydrogen (secondary N) is 1. The van der Waals surface area contributed by atoms with Crippen LogP contribution in [0.5, 0.6) is 0 Å². The fourth-order valence-electron chi connectivity index (χ4n) is 2.30. The van der Waals surface area contributed by atoms with Crippen LogP contribution in [-0.2, 0) is 12.7 Å². The Morgan fingerprint density at radius 3 is 2.56 bits per heavy atom. The van der Waals surface area contributed by atoms with Gasteiger partial charge in [-0.1, -0.05) is 12.1 Å². The van der Waals surface area contributed by atoms with Crippen LogP contribution in [0.15, 0.2) is 59.5 Å². The predicted octanol–water partition coefficient (Wildman–Crippen LogP) is 3.69. The molecular formula is C17H12F3N3O2. The molecule has 0 unspecified atom stereocenters. The first-order valence-corrected chi connectivity index (χ1v) is 7.25. The third kappa shape index (κ3) is 3.68. The van der Waals surface area contributed by atoms with Crippen LogP contribution < -0.4 is 5.32 Å². The highest BCUT2D eigenvalue weighted by Gasteiger charge is 2.34. The molecule has 3 aromatic rings. The van der Waals surface area contributed by atoms with Gasteiger partial charge < -0.3 is 9.73 Å². The topological polar surface area (TPSA) is 68.0 Å². The zero-order chi connectivity index (χ0) is 17.9. The minimum atomic E-state index is -4.61. The predicted molar refractivity (Wildman–Crippen MR) is 82.3 cm³/mol. The molecule has 0 atom stereocenters. The summed E-state index contributed by atoms with van der Waals surface area (Å²) in [6, 6.07) is 7.95. The van der Waals surface area contributed by atoms with Crippen molar-refractivity contribution in [2.24, 2.45) is 0 Å². The zero-order valence-electron chi connectivity index (χ0n) is 12.7. The third-order valence-corrected chi connectivity index (χ3v) is 3.42. The van der Waals surface area contributed by atoms with Gasteiger partial charge in [-0.25, -0.2) is 4.98 Å². The molecule has 25 heavy (non-hydrogen) atoms. The summed E-state index contributed by atoms with van der Waals surface area (Å²) in [5, 5.41) is 2.45. The lowest BCUT2D eigenvalue weighted by Crippen LogP contribution is -2.26. The van der Waals surface area contributed by atoms with E-state index in [0.29, 0.717) is 17.1 Å². The van der Waals surface area contributed by atoms with Gasteiger partial charge in [-0.15, -0.1) is 0 Å². The summed E-state index contributed by atoms with van der Waals surface area (Å²) in [5.41, 5.74) is -0.636. The second-order valence-electron chi connectivity index (χ2n) is 5.05. The number of nitrogens with zero attached hydrogens (tertiary/aromatic N) is 2. The van der Waals surface area contributed by atoms with Gasteiger partial charge in [0.1, 0.15) is 5.69 Å². The maximum Gasteiger partial charge on any atom is 0.417 e. The maximum atomic E-state index is 13.0. The molecule has 0 radical (unpaired) electrons. The van der Waals surface area contributed by atoms with Crippen molar-refractivity contribution in [1.29, 1.82) is 0 Å². The van der Waals surface area contributed by atoms with Crippen molar-refractivity contribution in [2.75, 3.05) is 0 Å². The SMILES string of the molecule is O=C(NCc1nccnc1-c1ccco1)c1ccccc1C(F)(F)F. The van der Waals surface area contributed by atoms with Crippen molar-refractivity contribution in [3.63, 3.8) is 0 Å². The average molecular weight is 347 g/mol. The van der Waals surface area contributed by atoms with E-state index in [1.165, 1.54) is 30.8 Å². The lowest BCUT2D eigenvalue weighted by molar-refractivity contribution is -0.137. The molecular weight excluding hydrogens is 335 g/mol. The van der Waals surface area contributed by atoms with Crippen LogP contribution in [0.1, 0.15) is 21.6 Å². The number of aromatic nitrogens is 2. The Labute approximate surface area is 140 Å². The van der Waals surface area contributed by atoms with E-state index in [9.17, 15) is 18.0 Å². The van der Waals surface area contributed by atoms with Crippen LogP contribution in [0.25, 0.3) is 11.5 Å². The quantitative estimate of drug-likeness (QED) is 0.782. The van der Waals surface area contributed by atoms with Crippen LogP contribution in [0, 0.1) is 0 Å². The molecule has 0 fully saturated rings. The highest BCUT2D eigenvalue weighted by atomic mass is 19.4. The second-order valence-corrected chi connectivity index (χ2v) is 5.05. The first-order valence-electron chi connectivity index (χ1n) is 7.25. The van der Waals surface area contributed by atoms with E-state index in [1.54, 1.807) is 12.1 Å². The molecule has 0 spiro atoms. The minimum Gasteiger partial charge on any atom is -0.463 e. The molecule has 8 heteroatoms. The number of halogens is 3. The minimum absolute atomic E-state index is 0.0884. The van der Waals surface area contributed by atoms with Crippen LogP contribution in [0.3, 0.4) is 0 Å². The Morgan fingerprint density at radius 2 is 1.84 bits per heavy atom. The number of hydrogen-bond acceptors (Lipinski definition) is 4. The zero-order valence-corrected chi connectivity index (χ0v) is 12.7. The maximum absolute atomic E-state index is 13.0. The molecule has 0 bridgehead atoms. The molecule has 2 aromatic heterocycles. The van der Waals surface area contributed by atoms with E-state index in [4.69, 9.17) is 4.42 Å². The Kier molecular flexibility index (Phi) is 4.51. The Bertz CT molecular complexity index is 877. The molecule has 1 aromatic carbocycles. The van der Waals surface area contributed by atoms with Gasteiger partial charge in [0.15, 0.2) is 5.76 Å². The van der Waals surface area contributed by atoms with Gasteiger partial charge in [0.25, 0.3) is 5.91 Å². The molecule has 2 heterocycles. The molecule has 5 nitrogen and oxygen atoms in total. The number of amides is 1. The van der Waals surface area contributed by atoms with Gasteiger partial charge in [-0.05, 0) is 24.3 Å². The number of carbonyl (C=O) groups is 1. The third-order valence-electron chi connectivity index (χ3n) is 3.42. The van der Waals surface area contributed by atoms with Gasteiger partial charge in [0, 0.05) is 12.4 Å². The lowest BCUT2D eigenvalue weighted by atomic mass is 10.1. The highest BCUT2D eigenvalue weighted by Crippen LogP contribution is 2.31. The summed E-state index contributed by atoms with van der Waals surface area (Å²) < 4.78 is 44.3. The van der Waals surface area contributed by atoms with Crippen LogP contribution in [-0.4, -0.2) is 15.9 Å². The van der Waals surface area contributed by atoms with Gasteiger partial charge in [-0.3, -0.25) is 9.78 Å². The van der Waals surface area contributed by atoms with Crippen molar-refractivity contribution in [3.05, 3.63) is 71.9 Å². The molecule has 0 aliphatic heterocycles. The number of benzene rings is 1. The summed E-state index contributed by atoms with van der Waals surface area (Å²) in [5.74, 6) is -0.392. The first-order chi connectivity index (χ1) is 12.0. The van der Waals surface area contributed by atoms with Crippen LogP contribution in [0.2, 0.25) is 0 Å². The van der Waals surface area contributed by atoms with E-state index >= 15 is 0 Å². The average Bonchev–Trinajstić information content (AvgIpc) is 3.13. The number of rotatable bonds is 4. The van der Waals surface area contributed by atoms with E-state index in [0.717, 1.165) is 12.1 Å². The molecule has 1 amide bonds. The number of furan rings is 1. The lowest BCUT2D eigenvalue weighted by Gasteiger charge is -2.13. The van der Waals surface area contributed by atoms with Gasteiger partial charge >= 0.3 is 6.18 Å². The van der Waals surface area contributed by atoms with E-state index in [-0.39, 0.29) is 6.54 Å². The van der Waals surface area contributed by atoms with E-state index in [1.807, 2.05) is 0 Å². The van der Waals surface area contributed by atoms with Crippen molar-refractivity contribution in [1.82, 2.24) is 15.3 Å². The van der Waals surface area contributed by atoms with Crippen molar-refractivity contribution in [2.45, 2.75) is 12.7 Å². The van der Waals surface area contributed by atoms with Gasteiger partial charge in [0.05, 0.1) is 29.6 Å². The van der Waals surface area contributed by atoms with Crippen molar-refractivity contribution < 1.29 is 22.4 Å². The summed E-state index contributed by atoms with van der Waals surface area (Å²) in [4.78, 5) is 20.5. The molecule has 3 rings (SSSR count). The number of hydrogen-bond donors (Lipinski definition) is 1. The summed E-state index contributed by atoms with van der Waals surface area (Å²) >= 11 is 0. The Balaban J connectivity index is 1.81. The molecule has 0 aliphatic rings. The molecule has 0 saturated carbocycles. The largest absolute Gasteiger partial charge is 0.463 e. The fraction of sp³-hybridized carbons (Fsp3) is 0.118. The summed E-state index contributed by atoms with van der Waals surface area (Å²) in [6.45, 7) is -0.0884. The normalized spacial score (nSPS) is 11.3. The monoisotopic (exact) mass is 347 g/mol. The van der Waals surface area contributed by atoms with E-state index < -0.39 is 23.2 Å². The van der Waals surface area contributed by atoms with Crippen molar-refractivity contribution >= 4 is 5.91 Å². The summed E-state index contributed by atoms with van der Waals surface area (Å²) in [6.07, 6.45) is -0.258. The van der Waals surface area contributed by atoms with Crippen molar-refractivity contribution in [3.8, 4) is 11.5 Å². The van der Waals surface area contributed by atoms with Gasteiger partial charge in [-0.2, -0.15) is 13.2 Å². The van der Waals surface area contributed by atoms with Crippen LogP contribution in [0.4, 0.5) is 13.2 Å². The van der Waals surface area contributed by atoms with Gasteiger partial charge in [0.2, 0.25) is 0 Å². The first kappa shape index (κ1) is 16.7. The Morgan fingerprint density at radius 1 is 1.08 bits per heavy atom. The fourth-order valence-corrected chi connectivity index (χ4v) is 2.30. The van der Waals surface area contributed by atoms with Crippen LogP contribution >= 0.6 is 0 Å². The molecule has 0 saturated heterocycles. The molecule has 128 valence electrons. The highest BCUT2D eigenvalue weighted by molar-refractivity contribution is 5.95. The molecule has 1 N–H and O–H groups in total. The smallest absolute Gasteiger partial charge is 0.417 e. The second kappa shape index (κ2) is 6.76. The van der Waals surface area contributed by atoms with E-state index in [2.05, 4.69) is 15.3 Å². The number of carbonyl (C=O) groups excluding carboxylic acids is 1. The Hall–Kier alpha value is -3.16. The molecule has 0 aliphatic carbocycles. The number of alkyl halides is 3.